The van der Waals surface area contributed by atoms with Gasteiger partial charge < -0.3 is 13.9 Å². The molecular formula is C23H24N4O2S. The fourth-order valence-electron chi connectivity index (χ4n) is 4.18. The fraction of sp³-hybridized carbons (Fsp3) is 0.348. The lowest BCUT2D eigenvalue weighted by Gasteiger charge is -2.32. The van der Waals surface area contributed by atoms with Gasteiger partial charge in [-0.1, -0.05) is 36.0 Å². The van der Waals surface area contributed by atoms with Crippen molar-refractivity contribution in [3.8, 4) is 0 Å². The second kappa shape index (κ2) is 8.14. The molecule has 0 atom stereocenters. The van der Waals surface area contributed by atoms with Crippen molar-refractivity contribution in [1.29, 1.82) is 0 Å². The van der Waals surface area contributed by atoms with Gasteiger partial charge in [-0.15, -0.1) is 0 Å². The van der Waals surface area contributed by atoms with E-state index in [1.165, 1.54) is 17.3 Å². The Morgan fingerprint density at radius 3 is 2.60 bits per heavy atom. The summed E-state index contributed by atoms with van der Waals surface area (Å²) in [7, 11) is 0. The molecule has 0 saturated carbocycles. The zero-order chi connectivity index (χ0) is 20.5. The van der Waals surface area contributed by atoms with Gasteiger partial charge in [-0.05, 0) is 49.9 Å². The van der Waals surface area contributed by atoms with Gasteiger partial charge in [-0.2, -0.15) is 0 Å². The van der Waals surface area contributed by atoms with Crippen LogP contribution in [0.2, 0.25) is 0 Å². The summed E-state index contributed by atoms with van der Waals surface area (Å²) in [6.45, 7) is 4.65. The van der Waals surface area contributed by atoms with Crippen molar-refractivity contribution in [2.24, 2.45) is 5.92 Å². The van der Waals surface area contributed by atoms with Crippen molar-refractivity contribution in [2.75, 3.05) is 18.8 Å². The van der Waals surface area contributed by atoms with Crippen molar-refractivity contribution < 1.29 is 9.21 Å². The monoisotopic (exact) mass is 420 g/mol. The van der Waals surface area contributed by atoms with Gasteiger partial charge in [0.25, 0.3) is 5.22 Å². The van der Waals surface area contributed by atoms with Crippen LogP contribution in [0.5, 0.6) is 0 Å². The van der Waals surface area contributed by atoms with E-state index < -0.39 is 0 Å². The lowest BCUT2D eigenvalue weighted by Crippen LogP contribution is -2.40. The number of likely N-dealkylation sites (tertiary alicyclic amines) is 1. The van der Waals surface area contributed by atoms with Gasteiger partial charge in [0.15, 0.2) is 5.58 Å². The van der Waals surface area contributed by atoms with Crippen molar-refractivity contribution in [3.05, 3.63) is 54.4 Å². The van der Waals surface area contributed by atoms with E-state index in [-0.39, 0.29) is 5.91 Å². The first-order valence-electron chi connectivity index (χ1n) is 10.4. The highest BCUT2D eigenvalue weighted by Gasteiger charge is 2.24. The van der Waals surface area contributed by atoms with Crippen LogP contribution < -0.4 is 0 Å². The van der Waals surface area contributed by atoms with Gasteiger partial charge in [0.05, 0.1) is 16.8 Å². The number of carbonyl (C=O) groups is 1. The van der Waals surface area contributed by atoms with Crippen molar-refractivity contribution in [1.82, 2.24) is 19.4 Å². The molecule has 1 aliphatic heterocycles. The molecule has 0 aliphatic carbocycles. The number of para-hydroxylation sites is 4. The number of fused-ring (bicyclic) bond motifs is 2. The number of rotatable bonds is 5. The number of amides is 1. The summed E-state index contributed by atoms with van der Waals surface area (Å²) in [6.07, 6.45) is 2.04. The number of imidazole rings is 1. The summed E-state index contributed by atoms with van der Waals surface area (Å²) in [5.41, 5.74) is 3.84. The molecular weight excluding hydrogens is 396 g/mol. The molecule has 0 bridgehead atoms. The highest BCUT2D eigenvalue weighted by Crippen LogP contribution is 2.26. The molecule has 5 rings (SSSR count). The molecule has 3 heterocycles. The average Bonchev–Trinajstić information content (AvgIpc) is 3.33. The second-order valence-corrected chi connectivity index (χ2v) is 8.75. The molecule has 1 fully saturated rings. The van der Waals surface area contributed by atoms with Crippen LogP contribution in [-0.4, -0.2) is 44.2 Å². The average molecular weight is 421 g/mol. The van der Waals surface area contributed by atoms with Crippen LogP contribution in [0.4, 0.5) is 0 Å². The number of aromatic nitrogens is 3. The first-order chi connectivity index (χ1) is 14.7. The van der Waals surface area contributed by atoms with Gasteiger partial charge >= 0.3 is 0 Å². The van der Waals surface area contributed by atoms with E-state index in [1.54, 1.807) is 0 Å². The number of benzene rings is 2. The predicted octanol–water partition coefficient (Wildman–Crippen LogP) is 4.52. The molecule has 4 aromatic rings. The molecule has 2 aromatic carbocycles. The van der Waals surface area contributed by atoms with E-state index in [1.807, 2.05) is 35.2 Å². The van der Waals surface area contributed by atoms with Crippen LogP contribution in [-0.2, 0) is 11.3 Å². The SMILES string of the molecule is Cc1nc2ccccc2n1CC1CCN(C(=O)CSc2nc3ccccc3o2)CC1. The largest absolute Gasteiger partial charge is 0.431 e. The number of carbonyl (C=O) groups excluding carboxylic acids is 1. The molecule has 1 aliphatic rings. The van der Waals surface area contributed by atoms with Gasteiger partial charge in [0.1, 0.15) is 11.3 Å². The molecule has 1 saturated heterocycles. The Bertz CT molecular complexity index is 1160. The number of hydrogen-bond acceptors (Lipinski definition) is 5. The van der Waals surface area contributed by atoms with E-state index in [9.17, 15) is 4.79 Å². The Balaban J connectivity index is 1.15. The smallest absolute Gasteiger partial charge is 0.257 e. The summed E-state index contributed by atoms with van der Waals surface area (Å²) in [5.74, 6) is 2.15. The van der Waals surface area contributed by atoms with Gasteiger partial charge in [-0.25, -0.2) is 9.97 Å². The zero-order valence-corrected chi connectivity index (χ0v) is 17.8. The van der Waals surface area contributed by atoms with E-state index in [0.29, 0.717) is 16.9 Å². The summed E-state index contributed by atoms with van der Waals surface area (Å²) in [5, 5.41) is 0.557. The minimum atomic E-state index is 0.157. The van der Waals surface area contributed by atoms with Crippen molar-refractivity contribution >= 4 is 39.8 Å². The maximum Gasteiger partial charge on any atom is 0.257 e. The van der Waals surface area contributed by atoms with Crippen LogP contribution in [0.15, 0.2) is 58.2 Å². The molecule has 30 heavy (non-hydrogen) atoms. The number of aryl methyl sites for hydroxylation is 1. The van der Waals surface area contributed by atoms with Crippen molar-refractivity contribution in [3.63, 3.8) is 0 Å². The number of oxazole rings is 1. The molecule has 0 unspecified atom stereocenters. The van der Waals surface area contributed by atoms with Crippen LogP contribution in [0, 0.1) is 12.8 Å². The Hall–Kier alpha value is -2.80. The highest BCUT2D eigenvalue weighted by molar-refractivity contribution is 7.99. The Labute approximate surface area is 179 Å². The van der Waals surface area contributed by atoms with Crippen LogP contribution >= 0.6 is 11.8 Å². The Kier molecular flexibility index (Phi) is 5.21. The molecule has 154 valence electrons. The molecule has 0 spiro atoms. The highest BCUT2D eigenvalue weighted by atomic mass is 32.2. The molecule has 6 nitrogen and oxygen atoms in total. The number of piperidine rings is 1. The van der Waals surface area contributed by atoms with Gasteiger partial charge in [0.2, 0.25) is 5.91 Å². The zero-order valence-electron chi connectivity index (χ0n) is 17.0. The van der Waals surface area contributed by atoms with Crippen LogP contribution in [0.1, 0.15) is 18.7 Å². The molecule has 0 radical (unpaired) electrons. The number of thioether (sulfide) groups is 1. The number of hydrogen-bond donors (Lipinski definition) is 0. The van der Waals surface area contributed by atoms with Gasteiger partial charge in [0, 0.05) is 19.6 Å². The number of nitrogens with zero attached hydrogens (tertiary/aromatic N) is 4. The van der Waals surface area contributed by atoms with E-state index in [4.69, 9.17) is 4.42 Å². The second-order valence-electron chi connectivity index (χ2n) is 7.82. The third kappa shape index (κ3) is 3.81. The van der Waals surface area contributed by atoms with Crippen LogP contribution in [0.25, 0.3) is 22.1 Å². The topological polar surface area (TPSA) is 64.2 Å². The van der Waals surface area contributed by atoms with Gasteiger partial charge in [-0.3, -0.25) is 4.79 Å². The molecule has 7 heteroatoms. The maximum absolute atomic E-state index is 12.7. The normalized spacial score (nSPS) is 15.3. The summed E-state index contributed by atoms with van der Waals surface area (Å²) in [6, 6.07) is 16.0. The Morgan fingerprint density at radius 2 is 1.80 bits per heavy atom. The minimum absolute atomic E-state index is 0.157. The first kappa shape index (κ1) is 19.2. The molecule has 0 N–H and O–H groups in total. The third-order valence-electron chi connectivity index (χ3n) is 5.85. The summed E-state index contributed by atoms with van der Waals surface area (Å²) >= 11 is 1.37. The minimum Gasteiger partial charge on any atom is -0.431 e. The van der Waals surface area contributed by atoms with Crippen molar-refractivity contribution in [2.45, 2.75) is 31.5 Å². The van der Waals surface area contributed by atoms with E-state index in [0.717, 1.165) is 54.9 Å². The summed E-state index contributed by atoms with van der Waals surface area (Å²) in [4.78, 5) is 23.7. The van der Waals surface area contributed by atoms with E-state index in [2.05, 4.69) is 39.7 Å². The first-order valence-corrected chi connectivity index (χ1v) is 11.3. The molecule has 1 amide bonds. The summed E-state index contributed by atoms with van der Waals surface area (Å²) < 4.78 is 8.02. The third-order valence-corrected chi connectivity index (χ3v) is 6.66. The quantitative estimate of drug-likeness (QED) is 0.444. The fourth-order valence-corrected chi connectivity index (χ4v) is 4.92. The standard InChI is InChI=1S/C23H24N4O2S/c1-16-24-18-6-2-4-8-20(18)27(16)14-17-10-12-26(13-11-17)22(28)15-30-23-25-19-7-3-5-9-21(19)29-23/h2-9,17H,10-15H2,1H3. The lowest BCUT2D eigenvalue weighted by atomic mass is 9.96. The Morgan fingerprint density at radius 1 is 1.07 bits per heavy atom. The lowest BCUT2D eigenvalue weighted by molar-refractivity contribution is -0.129. The maximum atomic E-state index is 12.7. The predicted molar refractivity (Wildman–Crippen MR) is 119 cm³/mol. The van der Waals surface area contributed by atoms with Crippen LogP contribution in [0.3, 0.4) is 0 Å². The van der Waals surface area contributed by atoms with E-state index >= 15 is 0 Å². The molecule has 2 aromatic heterocycles.